The van der Waals surface area contributed by atoms with Gasteiger partial charge in [-0.25, -0.2) is 14.6 Å². The van der Waals surface area contributed by atoms with Crippen LogP contribution in [0.3, 0.4) is 0 Å². The Hall–Kier alpha value is -1.24. The van der Waals surface area contributed by atoms with E-state index in [-0.39, 0.29) is 5.54 Å². The van der Waals surface area contributed by atoms with Crippen molar-refractivity contribution in [1.29, 1.82) is 0 Å². The van der Waals surface area contributed by atoms with E-state index < -0.39 is 0 Å². The summed E-state index contributed by atoms with van der Waals surface area (Å²) in [5.41, 5.74) is -0.289. The Morgan fingerprint density at radius 1 is 1.50 bits per heavy atom. The Morgan fingerprint density at radius 3 is 2.79 bits per heavy atom. The Morgan fingerprint density at radius 2 is 2.29 bits per heavy atom. The zero-order valence-corrected chi connectivity index (χ0v) is 8.19. The highest BCUT2D eigenvalue weighted by Crippen LogP contribution is 2.33. The monoisotopic (exact) mass is 193 g/mol. The molecule has 0 bridgehead atoms. The van der Waals surface area contributed by atoms with Gasteiger partial charge in [0.1, 0.15) is 0 Å². The summed E-state index contributed by atoms with van der Waals surface area (Å²) in [7, 11) is 0. The summed E-state index contributed by atoms with van der Waals surface area (Å²) < 4.78 is 0. The van der Waals surface area contributed by atoms with Crippen molar-refractivity contribution in [2.24, 2.45) is 15.9 Å². The molecule has 0 aliphatic heterocycles. The van der Waals surface area contributed by atoms with Crippen molar-refractivity contribution in [1.82, 2.24) is 0 Å². The molecule has 1 saturated carbocycles. The summed E-state index contributed by atoms with van der Waals surface area (Å²) in [6.07, 6.45) is 7.72. The van der Waals surface area contributed by atoms with Gasteiger partial charge < -0.3 is 0 Å². The van der Waals surface area contributed by atoms with Gasteiger partial charge in [0.25, 0.3) is 0 Å². The number of rotatable bonds is 3. The Balaban J connectivity index is 2.44. The van der Waals surface area contributed by atoms with Crippen LogP contribution >= 0.6 is 0 Å². The molecule has 0 heterocycles. The fourth-order valence-corrected chi connectivity index (χ4v) is 1.67. The van der Waals surface area contributed by atoms with E-state index in [1.54, 1.807) is 6.08 Å². The Bertz CT molecular complexity index is 280. The molecule has 1 rings (SSSR count). The fourth-order valence-electron chi connectivity index (χ4n) is 1.67. The van der Waals surface area contributed by atoms with Gasteiger partial charge in [-0.05, 0) is 38.5 Å². The number of carbonyl (C=O) groups excluding carboxylic acids is 2. The van der Waals surface area contributed by atoms with Gasteiger partial charge in [0.2, 0.25) is 12.2 Å². The molecule has 1 fully saturated rings. The summed E-state index contributed by atoms with van der Waals surface area (Å²) in [5.74, 6) is 0.325. The number of isocyanates is 2. The van der Waals surface area contributed by atoms with E-state index in [0.29, 0.717) is 12.5 Å². The third kappa shape index (κ3) is 2.91. The van der Waals surface area contributed by atoms with Gasteiger partial charge in [-0.3, -0.25) is 0 Å². The molecule has 0 N–H and O–H groups in total. The molecule has 2 unspecified atom stereocenters. The molecule has 4 heteroatoms. The second-order valence-electron chi connectivity index (χ2n) is 3.87. The first-order chi connectivity index (χ1) is 6.70. The van der Waals surface area contributed by atoms with Crippen molar-refractivity contribution in [3.63, 3.8) is 0 Å². The largest absolute Gasteiger partial charge is 0.235 e. The summed E-state index contributed by atoms with van der Waals surface area (Å²) in [4.78, 5) is 27.4. The third-order valence-electron chi connectivity index (χ3n) is 2.65. The minimum absolute atomic E-state index is 0.289. The molecule has 2 atom stereocenters. The molecule has 0 saturated heterocycles. The lowest BCUT2D eigenvalue weighted by Crippen LogP contribution is -2.30. The zero-order valence-electron chi connectivity index (χ0n) is 8.19. The smallest absolute Gasteiger partial charge is 0.211 e. The lowest BCUT2D eigenvalue weighted by Gasteiger charge is -2.31. The van der Waals surface area contributed by atoms with E-state index in [4.69, 9.17) is 0 Å². The molecule has 4 nitrogen and oxygen atoms in total. The standard InChI is InChI=1S/C10H13N2O2/c1-10(12-8-14)4-2-9(3-5-10)6-11-7-13/h2,9H,3-6H2,1H3. The van der Waals surface area contributed by atoms with Crippen molar-refractivity contribution in [2.75, 3.05) is 6.54 Å². The van der Waals surface area contributed by atoms with Crippen LogP contribution in [0.25, 0.3) is 0 Å². The zero-order chi connectivity index (χ0) is 10.4. The summed E-state index contributed by atoms with van der Waals surface area (Å²) in [6.45, 7) is 2.44. The van der Waals surface area contributed by atoms with Crippen LogP contribution in [0, 0.1) is 12.3 Å². The predicted molar refractivity (Wildman–Crippen MR) is 51.2 cm³/mol. The number of aliphatic imine (C=N–C) groups is 2. The summed E-state index contributed by atoms with van der Waals surface area (Å²) >= 11 is 0. The van der Waals surface area contributed by atoms with Gasteiger partial charge in [-0.2, -0.15) is 4.99 Å². The van der Waals surface area contributed by atoms with Gasteiger partial charge in [-0.15, -0.1) is 0 Å². The first-order valence-corrected chi connectivity index (χ1v) is 4.66. The van der Waals surface area contributed by atoms with E-state index in [1.165, 1.54) is 6.08 Å². The SMILES string of the molecule is CC1(N=C=O)C[CH]C(CN=C=O)CC1. The van der Waals surface area contributed by atoms with Crippen molar-refractivity contribution >= 4 is 12.2 Å². The van der Waals surface area contributed by atoms with Crippen LogP contribution in [-0.4, -0.2) is 24.2 Å². The molecular weight excluding hydrogens is 180 g/mol. The van der Waals surface area contributed by atoms with E-state index in [2.05, 4.69) is 16.4 Å². The summed E-state index contributed by atoms with van der Waals surface area (Å²) in [6, 6.07) is 0. The maximum atomic E-state index is 10.2. The average Bonchev–Trinajstić information content (AvgIpc) is 2.17. The molecule has 75 valence electrons. The first kappa shape index (κ1) is 10.8. The van der Waals surface area contributed by atoms with Gasteiger partial charge in [-0.1, -0.05) is 0 Å². The third-order valence-corrected chi connectivity index (χ3v) is 2.65. The number of nitrogens with zero attached hydrogens (tertiary/aromatic N) is 2. The first-order valence-electron chi connectivity index (χ1n) is 4.66. The molecule has 0 aromatic rings. The maximum absolute atomic E-state index is 10.2. The van der Waals surface area contributed by atoms with E-state index in [1.807, 2.05) is 6.92 Å². The molecular formula is C10H13N2O2. The molecule has 0 aromatic heterocycles. The van der Waals surface area contributed by atoms with Gasteiger partial charge in [0.05, 0.1) is 12.1 Å². The van der Waals surface area contributed by atoms with Crippen LogP contribution in [0.1, 0.15) is 26.2 Å². The van der Waals surface area contributed by atoms with Crippen LogP contribution in [0.4, 0.5) is 0 Å². The second kappa shape index (κ2) is 4.85. The van der Waals surface area contributed by atoms with E-state index in [0.717, 1.165) is 19.3 Å². The topological polar surface area (TPSA) is 58.9 Å². The second-order valence-corrected chi connectivity index (χ2v) is 3.87. The van der Waals surface area contributed by atoms with Crippen LogP contribution in [0.5, 0.6) is 0 Å². The van der Waals surface area contributed by atoms with Crippen LogP contribution in [0.2, 0.25) is 0 Å². The van der Waals surface area contributed by atoms with Crippen molar-refractivity contribution in [2.45, 2.75) is 31.7 Å². The number of hydrogen-bond acceptors (Lipinski definition) is 4. The molecule has 1 aliphatic carbocycles. The fraction of sp³-hybridized carbons (Fsp3) is 0.700. The highest BCUT2D eigenvalue weighted by Gasteiger charge is 2.30. The van der Waals surface area contributed by atoms with Gasteiger partial charge in [0.15, 0.2) is 0 Å². The van der Waals surface area contributed by atoms with E-state index in [9.17, 15) is 9.59 Å². The van der Waals surface area contributed by atoms with Crippen LogP contribution in [-0.2, 0) is 9.59 Å². The predicted octanol–water partition coefficient (Wildman–Crippen LogP) is 1.42. The lowest BCUT2D eigenvalue weighted by molar-refractivity contribution is 0.317. The summed E-state index contributed by atoms with van der Waals surface area (Å²) in [5, 5.41) is 0. The Kier molecular flexibility index (Phi) is 3.75. The molecule has 0 aromatic carbocycles. The lowest BCUT2D eigenvalue weighted by atomic mass is 9.78. The molecule has 1 radical (unpaired) electrons. The maximum Gasteiger partial charge on any atom is 0.235 e. The number of hydrogen-bond donors (Lipinski definition) is 0. The molecule has 14 heavy (non-hydrogen) atoms. The van der Waals surface area contributed by atoms with E-state index >= 15 is 0 Å². The van der Waals surface area contributed by atoms with Crippen molar-refractivity contribution < 1.29 is 9.59 Å². The molecule has 0 spiro atoms. The van der Waals surface area contributed by atoms with Crippen molar-refractivity contribution in [3.05, 3.63) is 6.42 Å². The minimum atomic E-state index is -0.289. The van der Waals surface area contributed by atoms with Gasteiger partial charge in [0, 0.05) is 0 Å². The highest BCUT2D eigenvalue weighted by atomic mass is 16.1. The Labute approximate surface area is 83.1 Å². The molecule has 0 amide bonds. The van der Waals surface area contributed by atoms with Crippen LogP contribution in [0.15, 0.2) is 9.98 Å². The van der Waals surface area contributed by atoms with Crippen molar-refractivity contribution in [3.8, 4) is 0 Å². The molecule has 1 aliphatic rings. The quantitative estimate of drug-likeness (QED) is 0.502. The average molecular weight is 193 g/mol. The normalized spacial score (nSPS) is 31.4. The van der Waals surface area contributed by atoms with Crippen LogP contribution < -0.4 is 0 Å². The minimum Gasteiger partial charge on any atom is -0.211 e. The van der Waals surface area contributed by atoms with Gasteiger partial charge >= 0.3 is 0 Å². The highest BCUT2D eigenvalue weighted by molar-refractivity contribution is 5.35.